The highest BCUT2D eigenvalue weighted by molar-refractivity contribution is 7.89. The quantitative estimate of drug-likeness (QED) is 0.689. The van der Waals surface area contributed by atoms with Crippen LogP contribution in [0.25, 0.3) is 10.6 Å². The minimum absolute atomic E-state index is 0.113. The van der Waals surface area contributed by atoms with Crippen molar-refractivity contribution in [1.82, 2.24) is 9.71 Å². The maximum atomic E-state index is 13.7. The van der Waals surface area contributed by atoms with Crippen molar-refractivity contribution in [2.24, 2.45) is 0 Å². The summed E-state index contributed by atoms with van der Waals surface area (Å²) in [5.74, 6) is -1.13. The SMILES string of the molecule is Cc1nc(-c2cccc(F)c2)sc1CCNS(=O)(=O)c1ccccc1F. The third kappa shape index (κ3) is 4.14. The molecule has 2 aromatic carbocycles. The Labute approximate surface area is 154 Å². The van der Waals surface area contributed by atoms with Gasteiger partial charge < -0.3 is 0 Å². The zero-order valence-corrected chi connectivity index (χ0v) is 15.5. The molecular formula is C18H16F2N2O2S2. The fourth-order valence-electron chi connectivity index (χ4n) is 2.44. The Bertz CT molecular complexity index is 1030. The van der Waals surface area contributed by atoms with Crippen LogP contribution in [0.5, 0.6) is 0 Å². The van der Waals surface area contributed by atoms with E-state index in [9.17, 15) is 17.2 Å². The van der Waals surface area contributed by atoms with Gasteiger partial charge in [0, 0.05) is 17.0 Å². The van der Waals surface area contributed by atoms with Crippen LogP contribution in [0.2, 0.25) is 0 Å². The Hall–Kier alpha value is -2.16. The van der Waals surface area contributed by atoms with E-state index in [1.807, 2.05) is 6.92 Å². The normalized spacial score (nSPS) is 11.7. The van der Waals surface area contributed by atoms with Gasteiger partial charge in [0.05, 0.1) is 5.69 Å². The topological polar surface area (TPSA) is 59.1 Å². The predicted molar refractivity (Wildman–Crippen MR) is 97.5 cm³/mol. The van der Waals surface area contributed by atoms with Crippen molar-refractivity contribution in [2.45, 2.75) is 18.2 Å². The molecule has 0 aliphatic heterocycles. The maximum absolute atomic E-state index is 13.7. The zero-order valence-electron chi connectivity index (χ0n) is 13.9. The summed E-state index contributed by atoms with van der Waals surface area (Å²) in [5.41, 5.74) is 1.44. The number of rotatable bonds is 6. The van der Waals surface area contributed by atoms with Gasteiger partial charge in [0.1, 0.15) is 21.5 Å². The lowest BCUT2D eigenvalue weighted by Gasteiger charge is -2.07. The third-order valence-corrected chi connectivity index (χ3v) is 6.50. The maximum Gasteiger partial charge on any atom is 0.243 e. The van der Waals surface area contributed by atoms with E-state index in [0.29, 0.717) is 17.0 Å². The first-order valence-electron chi connectivity index (χ1n) is 7.83. The van der Waals surface area contributed by atoms with Crippen LogP contribution in [-0.2, 0) is 16.4 Å². The van der Waals surface area contributed by atoms with E-state index >= 15 is 0 Å². The first kappa shape index (κ1) is 18.6. The van der Waals surface area contributed by atoms with E-state index < -0.39 is 15.8 Å². The fourth-order valence-corrected chi connectivity index (χ4v) is 4.61. The highest BCUT2D eigenvalue weighted by atomic mass is 32.2. The second-order valence-corrected chi connectivity index (χ2v) is 8.44. The molecule has 3 aromatic rings. The molecule has 3 rings (SSSR count). The first-order valence-corrected chi connectivity index (χ1v) is 10.1. The van der Waals surface area contributed by atoms with Crippen LogP contribution in [0.4, 0.5) is 8.78 Å². The van der Waals surface area contributed by atoms with Gasteiger partial charge in [0.2, 0.25) is 10.0 Å². The molecule has 0 radical (unpaired) electrons. The molecule has 1 aromatic heterocycles. The summed E-state index contributed by atoms with van der Waals surface area (Å²) in [4.78, 5) is 4.94. The molecule has 26 heavy (non-hydrogen) atoms. The van der Waals surface area contributed by atoms with Gasteiger partial charge in [-0.3, -0.25) is 0 Å². The van der Waals surface area contributed by atoms with Crippen LogP contribution in [0.15, 0.2) is 53.4 Å². The molecule has 0 atom stereocenters. The third-order valence-electron chi connectivity index (χ3n) is 3.73. The summed E-state index contributed by atoms with van der Waals surface area (Å²) in [6.07, 6.45) is 0.409. The van der Waals surface area contributed by atoms with Gasteiger partial charge in [0.25, 0.3) is 0 Å². The summed E-state index contributed by atoms with van der Waals surface area (Å²) in [6, 6.07) is 11.4. The van der Waals surface area contributed by atoms with Crippen molar-refractivity contribution in [2.75, 3.05) is 6.54 Å². The average molecular weight is 394 g/mol. The van der Waals surface area contributed by atoms with Crippen molar-refractivity contribution in [3.05, 3.63) is 70.7 Å². The van der Waals surface area contributed by atoms with E-state index in [1.54, 1.807) is 12.1 Å². The molecule has 0 amide bonds. The van der Waals surface area contributed by atoms with Gasteiger partial charge in [-0.15, -0.1) is 11.3 Å². The molecule has 0 saturated carbocycles. The number of halogens is 2. The summed E-state index contributed by atoms with van der Waals surface area (Å²) < 4.78 is 53.8. The number of aromatic nitrogens is 1. The second kappa shape index (κ2) is 7.61. The number of hydrogen-bond donors (Lipinski definition) is 1. The predicted octanol–water partition coefficient (Wildman–Crippen LogP) is 3.92. The van der Waals surface area contributed by atoms with Crippen LogP contribution in [-0.4, -0.2) is 19.9 Å². The van der Waals surface area contributed by atoms with Crippen LogP contribution < -0.4 is 4.72 Å². The van der Waals surface area contributed by atoms with Crippen LogP contribution in [0.3, 0.4) is 0 Å². The summed E-state index contributed by atoms with van der Waals surface area (Å²) >= 11 is 1.38. The van der Waals surface area contributed by atoms with Crippen molar-refractivity contribution in [1.29, 1.82) is 0 Å². The molecule has 0 aliphatic carbocycles. The Kier molecular flexibility index (Phi) is 5.45. The average Bonchev–Trinajstić information content (AvgIpc) is 2.96. The molecule has 0 bridgehead atoms. The number of thiazole rings is 1. The Balaban J connectivity index is 1.70. The van der Waals surface area contributed by atoms with E-state index in [-0.39, 0.29) is 17.3 Å². The van der Waals surface area contributed by atoms with E-state index in [1.165, 1.54) is 41.7 Å². The minimum Gasteiger partial charge on any atom is -0.241 e. The molecule has 1 N–H and O–H groups in total. The molecule has 4 nitrogen and oxygen atoms in total. The number of nitrogens with zero attached hydrogens (tertiary/aromatic N) is 1. The van der Waals surface area contributed by atoms with Crippen LogP contribution >= 0.6 is 11.3 Å². The summed E-state index contributed by atoms with van der Waals surface area (Å²) in [6.45, 7) is 1.93. The molecule has 0 unspecified atom stereocenters. The molecule has 0 spiro atoms. The minimum atomic E-state index is -3.92. The highest BCUT2D eigenvalue weighted by Gasteiger charge is 2.18. The lowest BCUT2D eigenvalue weighted by Crippen LogP contribution is -2.26. The summed E-state index contributed by atoms with van der Waals surface area (Å²) in [5, 5.41) is 0.675. The molecule has 1 heterocycles. The van der Waals surface area contributed by atoms with E-state index in [4.69, 9.17) is 0 Å². The standard InChI is InChI=1S/C18H16F2N2O2S2/c1-12-16(25-18(22-12)13-5-4-6-14(19)11-13)9-10-21-26(23,24)17-8-3-2-7-15(17)20/h2-8,11,21H,9-10H2,1H3. The monoisotopic (exact) mass is 394 g/mol. The van der Waals surface area contributed by atoms with Crippen LogP contribution in [0, 0.1) is 18.6 Å². The lowest BCUT2D eigenvalue weighted by atomic mass is 10.2. The molecule has 0 fully saturated rings. The largest absolute Gasteiger partial charge is 0.243 e. The van der Waals surface area contributed by atoms with Crippen molar-refractivity contribution in [3.8, 4) is 10.6 Å². The smallest absolute Gasteiger partial charge is 0.241 e. The number of nitrogens with one attached hydrogen (secondary N) is 1. The van der Waals surface area contributed by atoms with E-state index in [2.05, 4.69) is 9.71 Å². The molecule has 8 heteroatoms. The Morgan fingerprint density at radius 2 is 1.88 bits per heavy atom. The van der Waals surface area contributed by atoms with Gasteiger partial charge >= 0.3 is 0 Å². The van der Waals surface area contributed by atoms with Gasteiger partial charge in [-0.2, -0.15) is 0 Å². The lowest BCUT2D eigenvalue weighted by molar-refractivity contribution is 0.557. The number of aryl methyl sites for hydroxylation is 1. The van der Waals surface area contributed by atoms with Gasteiger partial charge in [-0.1, -0.05) is 24.3 Å². The Morgan fingerprint density at radius 3 is 2.62 bits per heavy atom. The summed E-state index contributed by atoms with van der Waals surface area (Å²) in [7, 11) is -3.92. The van der Waals surface area contributed by atoms with Gasteiger partial charge in [0.15, 0.2) is 0 Å². The molecule has 0 aliphatic rings. The molecular weight excluding hydrogens is 378 g/mol. The number of benzene rings is 2. The molecule has 136 valence electrons. The van der Waals surface area contributed by atoms with Crippen molar-refractivity contribution in [3.63, 3.8) is 0 Å². The zero-order chi connectivity index (χ0) is 18.7. The molecule has 0 saturated heterocycles. The van der Waals surface area contributed by atoms with Crippen molar-refractivity contribution >= 4 is 21.4 Å². The fraction of sp³-hybridized carbons (Fsp3) is 0.167. The Morgan fingerprint density at radius 1 is 1.12 bits per heavy atom. The van der Waals surface area contributed by atoms with E-state index in [0.717, 1.165) is 16.6 Å². The number of sulfonamides is 1. The van der Waals surface area contributed by atoms with Gasteiger partial charge in [-0.05, 0) is 37.6 Å². The first-order chi connectivity index (χ1) is 12.4. The van der Waals surface area contributed by atoms with Crippen molar-refractivity contribution < 1.29 is 17.2 Å². The second-order valence-electron chi connectivity index (χ2n) is 5.62. The van der Waals surface area contributed by atoms with Crippen LogP contribution in [0.1, 0.15) is 10.6 Å². The number of hydrogen-bond acceptors (Lipinski definition) is 4. The highest BCUT2D eigenvalue weighted by Crippen LogP contribution is 2.28. The van der Waals surface area contributed by atoms with Gasteiger partial charge in [-0.25, -0.2) is 26.9 Å².